The molecule has 11 heavy (non-hydrogen) atoms. The van der Waals surface area contributed by atoms with Gasteiger partial charge in [0.25, 0.3) is 0 Å². The van der Waals surface area contributed by atoms with Gasteiger partial charge >= 0.3 is 5.97 Å². The third-order valence-corrected chi connectivity index (χ3v) is 2.73. The first-order valence-electron chi connectivity index (χ1n) is 4.42. The molecule has 0 aliphatic heterocycles. The van der Waals surface area contributed by atoms with Gasteiger partial charge in [0.1, 0.15) is 0 Å². The van der Waals surface area contributed by atoms with Gasteiger partial charge in [-0.1, -0.05) is 26.2 Å². The van der Waals surface area contributed by atoms with Crippen LogP contribution in [0.15, 0.2) is 0 Å². The Balaban J connectivity index is 2.38. The second kappa shape index (κ2) is 3.74. The summed E-state index contributed by atoms with van der Waals surface area (Å²) in [5.74, 6) is -0.735. The molecule has 1 aliphatic carbocycles. The van der Waals surface area contributed by atoms with E-state index >= 15 is 0 Å². The molecular weight excluding hydrogens is 140 g/mol. The topological polar surface area (TPSA) is 37.0 Å². The number of carbonyl (C=O) groups is 1. The highest BCUT2D eigenvalue weighted by Gasteiger charge is 2.25. The van der Waals surface area contributed by atoms with Crippen LogP contribution >= 0.6 is 0 Å². The molecule has 0 aromatic heterocycles. The first-order valence-corrected chi connectivity index (χ1v) is 4.42. The molecule has 0 spiro atoms. The van der Waals surface area contributed by atoms with Crippen molar-refractivity contribution in [3.63, 3.8) is 0 Å². The van der Waals surface area contributed by atoms with Crippen LogP contribution in [0.3, 0.4) is 0 Å². The van der Waals surface area contributed by atoms with E-state index in [-0.39, 0.29) is 5.92 Å². The van der Waals surface area contributed by atoms with Crippen molar-refractivity contribution in [1.29, 1.82) is 0 Å². The zero-order chi connectivity index (χ0) is 8.27. The second-order valence-corrected chi connectivity index (χ2v) is 3.51. The Bertz CT molecular complexity index is 136. The van der Waals surface area contributed by atoms with Crippen LogP contribution in [0.5, 0.6) is 0 Å². The Morgan fingerprint density at radius 3 is 2.27 bits per heavy atom. The Labute approximate surface area is 67.6 Å². The zero-order valence-electron chi connectivity index (χ0n) is 7.01. The standard InChI is InChI=1S/C9H15O2/c1-7(9(10)11)8-5-3-2-4-6-8/h7-8H,2-6H2,1H3. The lowest BCUT2D eigenvalue weighted by atomic mass is 9.81. The second-order valence-electron chi connectivity index (χ2n) is 3.51. The Hall–Kier alpha value is -0.530. The third-order valence-electron chi connectivity index (χ3n) is 2.73. The van der Waals surface area contributed by atoms with Crippen molar-refractivity contribution in [3.05, 3.63) is 0 Å². The summed E-state index contributed by atoms with van der Waals surface area (Å²) in [7, 11) is 0. The molecule has 0 bridgehead atoms. The van der Waals surface area contributed by atoms with Gasteiger partial charge in [0.2, 0.25) is 0 Å². The van der Waals surface area contributed by atoms with Gasteiger partial charge < -0.3 is 0 Å². The maximum Gasteiger partial charge on any atom is 0.358 e. The van der Waals surface area contributed by atoms with E-state index in [1.165, 1.54) is 19.3 Å². The molecule has 1 fully saturated rings. The van der Waals surface area contributed by atoms with E-state index in [0.29, 0.717) is 5.92 Å². The van der Waals surface area contributed by atoms with Crippen molar-refractivity contribution >= 4 is 5.97 Å². The van der Waals surface area contributed by atoms with Crippen molar-refractivity contribution in [2.24, 2.45) is 11.8 Å². The van der Waals surface area contributed by atoms with Gasteiger partial charge in [0.15, 0.2) is 0 Å². The van der Waals surface area contributed by atoms with Gasteiger partial charge in [-0.2, -0.15) is 0 Å². The minimum absolute atomic E-state index is 0.240. The van der Waals surface area contributed by atoms with E-state index in [1.807, 2.05) is 0 Å². The molecule has 0 N–H and O–H groups in total. The monoisotopic (exact) mass is 155 g/mol. The first kappa shape index (κ1) is 8.57. The van der Waals surface area contributed by atoms with E-state index in [2.05, 4.69) is 0 Å². The fraction of sp³-hybridized carbons (Fsp3) is 0.889. The summed E-state index contributed by atoms with van der Waals surface area (Å²) in [4.78, 5) is 10.5. The van der Waals surface area contributed by atoms with Gasteiger partial charge in [0.05, 0.1) is 5.92 Å². The normalized spacial score (nSPS) is 23.0. The molecule has 0 heterocycles. The number of hydrogen-bond acceptors (Lipinski definition) is 1. The fourth-order valence-corrected chi connectivity index (χ4v) is 1.83. The maximum atomic E-state index is 10.5. The van der Waals surface area contributed by atoms with E-state index in [4.69, 9.17) is 0 Å². The predicted octanol–water partition coefficient (Wildman–Crippen LogP) is 2.16. The van der Waals surface area contributed by atoms with Crippen LogP contribution in [-0.4, -0.2) is 5.97 Å². The zero-order valence-corrected chi connectivity index (χ0v) is 7.01. The predicted molar refractivity (Wildman–Crippen MR) is 41.4 cm³/mol. The van der Waals surface area contributed by atoms with Crippen LogP contribution in [0.4, 0.5) is 0 Å². The van der Waals surface area contributed by atoms with Crippen LogP contribution in [0, 0.1) is 11.8 Å². The lowest BCUT2D eigenvalue weighted by Crippen LogP contribution is -2.21. The highest BCUT2D eigenvalue weighted by atomic mass is 16.4. The molecule has 1 saturated carbocycles. The van der Waals surface area contributed by atoms with Crippen molar-refractivity contribution < 1.29 is 9.90 Å². The molecule has 2 heteroatoms. The van der Waals surface area contributed by atoms with Crippen molar-refractivity contribution in [3.8, 4) is 0 Å². The molecule has 1 unspecified atom stereocenters. The molecular formula is C9H15O2. The summed E-state index contributed by atoms with van der Waals surface area (Å²) >= 11 is 0. The summed E-state index contributed by atoms with van der Waals surface area (Å²) in [6.07, 6.45) is 5.82. The molecule has 2 nitrogen and oxygen atoms in total. The van der Waals surface area contributed by atoms with Crippen LogP contribution in [0.25, 0.3) is 0 Å². The van der Waals surface area contributed by atoms with E-state index in [1.54, 1.807) is 6.92 Å². The van der Waals surface area contributed by atoms with Gasteiger partial charge in [-0.15, -0.1) is 0 Å². The highest BCUT2D eigenvalue weighted by molar-refractivity contribution is 5.69. The molecule has 0 saturated heterocycles. The van der Waals surface area contributed by atoms with Gasteiger partial charge in [-0.25, -0.2) is 9.90 Å². The fourth-order valence-electron chi connectivity index (χ4n) is 1.83. The van der Waals surface area contributed by atoms with Gasteiger partial charge in [0, 0.05) is 0 Å². The minimum atomic E-state index is -0.878. The molecule has 1 aliphatic rings. The van der Waals surface area contributed by atoms with Crippen LogP contribution in [-0.2, 0) is 9.90 Å². The summed E-state index contributed by atoms with van der Waals surface area (Å²) in [6.45, 7) is 1.77. The lowest BCUT2D eigenvalue weighted by Gasteiger charge is -2.23. The Morgan fingerprint density at radius 2 is 1.82 bits per heavy atom. The average molecular weight is 155 g/mol. The first-order chi connectivity index (χ1) is 5.22. The van der Waals surface area contributed by atoms with Gasteiger partial charge in [-0.3, -0.25) is 0 Å². The summed E-state index contributed by atoms with van der Waals surface area (Å²) in [5.41, 5.74) is 0. The number of carbonyl (C=O) groups excluding carboxylic acids is 1. The number of rotatable bonds is 2. The minimum Gasteiger partial charge on any atom is -0.247 e. The lowest BCUT2D eigenvalue weighted by molar-refractivity contribution is -0.149. The molecule has 0 aromatic carbocycles. The van der Waals surface area contributed by atoms with Crippen LogP contribution in [0.1, 0.15) is 39.0 Å². The van der Waals surface area contributed by atoms with Crippen LogP contribution in [0.2, 0.25) is 0 Å². The molecule has 63 valence electrons. The molecule has 0 aromatic rings. The average Bonchev–Trinajstić information content (AvgIpc) is 2.05. The third kappa shape index (κ3) is 2.21. The molecule has 0 amide bonds. The maximum absolute atomic E-state index is 10.5. The molecule has 1 rings (SSSR count). The molecule has 1 atom stereocenters. The summed E-state index contributed by atoms with van der Waals surface area (Å²) in [6, 6.07) is 0. The van der Waals surface area contributed by atoms with Gasteiger partial charge in [-0.05, 0) is 18.8 Å². The van der Waals surface area contributed by atoms with E-state index in [0.717, 1.165) is 12.8 Å². The SMILES string of the molecule is CC(C([O])=O)C1CCCCC1. The Kier molecular flexibility index (Phi) is 2.92. The van der Waals surface area contributed by atoms with E-state index < -0.39 is 5.97 Å². The quantitative estimate of drug-likeness (QED) is 0.602. The van der Waals surface area contributed by atoms with Crippen molar-refractivity contribution in [2.45, 2.75) is 39.0 Å². The summed E-state index contributed by atoms with van der Waals surface area (Å²) in [5, 5.41) is 10.5. The Morgan fingerprint density at radius 1 is 1.27 bits per heavy atom. The largest absolute Gasteiger partial charge is 0.358 e. The smallest absolute Gasteiger partial charge is 0.247 e. The summed E-state index contributed by atoms with van der Waals surface area (Å²) < 4.78 is 0. The van der Waals surface area contributed by atoms with Crippen molar-refractivity contribution in [1.82, 2.24) is 0 Å². The van der Waals surface area contributed by atoms with Crippen LogP contribution < -0.4 is 0 Å². The number of hydrogen-bond donors (Lipinski definition) is 0. The molecule has 1 radical (unpaired) electrons. The van der Waals surface area contributed by atoms with E-state index in [9.17, 15) is 9.90 Å². The van der Waals surface area contributed by atoms with Crippen molar-refractivity contribution in [2.75, 3.05) is 0 Å². The highest BCUT2D eigenvalue weighted by Crippen LogP contribution is 2.29.